The van der Waals surface area contributed by atoms with Gasteiger partial charge in [-0.1, -0.05) is 12.1 Å². The van der Waals surface area contributed by atoms with E-state index in [0.717, 1.165) is 23.4 Å². The lowest BCUT2D eigenvalue weighted by Gasteiger charge is -2.35. The molecule has 1 aliphatic heterocycles. The molecule has 1 aliphatic rings. The van der Waals surface area contributed by atoms with Gasteiger partial charge in [-0.3, -0.25) is 4.79 Å². The lowest BCUT2D eigenvalue weighted by atomic mass is 10.1. The Bertz CT molecular complexity index is 985. The highest BCUT2D eigenvalue weighted by molar-refractivity contribution is 7.89. The molecule has 3 rings (SSSR count). The van der Waals surface area contributed by atoms with E-state index in [-0.39, 0.29) is 30.4 Å². The average Bonchev–Trinajstić information content (AvgIpc) is 2.70. The number of carbonyl (C=O) groups excluding carboxylic acids is 1. The highest BCUT2D eigenvalue weighted by atomic mass is 32.2. The molecule has 0 bridgehead atoms. The quantitative estimate of drug-likeness (QED) is 0.747. The Labute approximate surface area is 171 Å². The van der Waals surface area contributed by atoms with Crippen molar-refractivity contribution in [3.05, 3.63) is 59.4 Å². The molecule has 0 unspecified atom stereocenters. The summed E-state index contributed by atoms with van der Waals surface area (Å²) in [6, 6.07) is 10.8. The van der Waals surface area contributed by atoms with Crippen LogP contribution in [-0.2, 0) is 14.8 Å². The molecule has 29 heavy (non-hydrogen) atoms. The SMILES string of the molecule is Cc1cccc(N(C)CC(=O)N2CCN(S(=O)(=O)c3ccc(F)cc3)CC2)c1C. The third kappa shape index (κ3) is 4.59. The minimum atomic E-state index is -3.69. The minimum absolute atomic E-state index is 0.0350. The Hall–Kier alpha value is -2.45. The van der Waals surface area contributed by atoms with E-state index in [1.54, 1.807) is 4.90 Å². The van der Waals surface area contributed by atoms with Gasteiger partial charge in [0.15, 0.2) is 0 Å². The molecule has 6 nitrogen and oxygen atoms in total. The van der Waals surface area contributed by atoms with E-state index in [9.17, 15) is 17.6 Å². The molecule has 1 saturated heterocycles. The summed E-state index contributed by atoms with van der Waals surface area (Å²) in [6.45, 7) is 5.41. The molecule has 0 spiro atoms. The summed E-state index contributed by atoms with van der Waals surface area (Å²) in [6.07, 6.45) is 0. The van der Waals surface area contributed by atoms with Crippen LogP contribution < -0.4 is 4.90 Å². The van der Waals surface area contributed by atoms with Gasteiger partial charge in [-0.15, -0.1) is 0 Å². The first-order valence-corrected chi connectivity index (χ1v) is 10.9. The van der Waals surface area contributed by atoms with Gasteiger partial charge >= 0.3 is 0 Å². The third-order valence-electron chi connectivity index (χ3n) is 5.40. The highest BCUT2D eigenvalue weighted by Gasteiger charge is 2.30. The molecule has 0 radical (unpaired) electrons. The van der Waals surface area contributed by atoms with Gasteiger partial charge in [0.1, 0.15) is 5.82 Å². The number of rotatable bonds is 5. The second-order valence-corrected chi connectivity index (χ2v) is 9.25. The van der Waals surface area contributed by atoms with Crippen LogP contribution in [-0.4, -0.2) is 63.3 Å². The molecule has 1 amide bonds. The van der Waals surface area contributed by atoms with Crippen LogP contribution in [0.5, 0.6) is 0 Å². The first-order valence-electron chi connectivity index (χ1n) is 9.51. The van der Waals surface area contributed by atoms with Crippen LogP contribution in [0, 0.1) is 19.7 Å². The molecule has 0 saturated carbocycles. The van der Waals surface area contributed by atoms with Crippen LogP contribution in [0.15, 0.2) is 47.4 Å². The molecule has 8 heteroatoms. The Kier molecular flexibility index (Phi) is 6.24. The van der Waals surface area contributed by atoms with Crippen molar-refractivity contribution in [2.24, 2.45) is 0 Å². The summed E-state index contributed by atoms with van der Waals surface area (Å²) in [5.41, 5.74) is 3.32. The van der Waals surface area contributed by atoms with Crippen molar-refractivity contribution >= 4 is 21.6 Å². The summed E-state index contributed by atoms with van der Waals surface area (Å²) < 4.78 is 39.8. The van der Waals surface area contributed by atoms with Gasteiger partial charge in [-0.25, -0.2) is 12.8 Å². The molecule has 2 aromatic carbocycles. The Morgan fingerprint density at radius 3 is 2.28 bits per heavy atom. The molecule has 1 heterocycles. The third-order valence-corrected chi connectivity index (χ3v) is 7.32. The number of hydrogen-bond donors (Lipinski definition) is 0. The van der Waals surface area contributed by atoms with Crippen molar-refractivity contribution in [2.75, 3.05) is 44.7 Å². The van der Waals surface area contributed by atoms with Gasteiger partial charge < -0.3 is 9.80 Å². The van der Waals surface area contributed by atoms with Gasteiger partial charge in [-0.05, 0) is 55.3 Å². The molecule has 0 N–H and O–H groups in total. The fraction of sp³-hybridized carbons (Fsp3) is 0.381. The number of sulfonamides is 1. The number of benzene rings is 2. The average molecular weight is 420 g/mol. The number of piperazine rings is 1. The fourth-order valence-electron chi connectivity index (χ4n) is 3.47. The number of carbonyl (C=O) groups is 1. The lowest BCUT2D eigenvalue weighted by molar-refractivity contribution is -0.130. The molecule has 1 fully saturated rings. The topological polar surface area (TPSA) is 60.9 Å². The zero-order valence-corrected chi connectivity index (χ0v) is 17.7. The highest BCUT2D eigenvalue weighted by Crippen LogP contribution is 2.22. The smallest absolute Gasteiger partial charge is 0.243 e. The Balaban J connectivity index is 1.60. The molecular weight excluding hydrogens is 393 g/mol. The number of amides is 1. The molecule has 2 aromatic rings. The summed E-state index contributed by atoms with van der Waals surface area (Å²) in [5, 5.41) is 0. The lowest BCUT2D eigenvalue weighted by Crippen LogP contribution is -2.52. The number of anilines is 1. The van der Waals surface area contributed by atoms with Crippen LogP contribution >= 0.6 is 0 Å². The molecular formula is C21H26FN3O3S. The van der Waals surface area contributed by atoms with Crippen molar-refractivity contribution in [2.45, 2.75) is 18.7 Å². The van der Waals surface area contributed by atoms with Gasteiger partial charge in [0.2, 0.25) is 15.9 Å². The van der Waals surface area contributed by atoms with Crippen LogP contribution in [0.2, 0.25) is 0 Å². The van der Waals surface area contributed by atoms with E-state index in [4.69, 9.17) is 0 Å². The number of hydrogen-bond acceptors (Lipinski definition) is 4. The minimum Gasteiger partial charge on any atom is -0.365 e. The maximum Gasteiger partial charge on any atom is 0.243 e. The van der Waals surface area contributed by atoms with Crippen LogP contribution in [0.4, 0.5) is 10.1 Å². The predicted molar refractivity (Wildman–Crippen MR) is 111 cm³/mol. The van der Waals surface area contributed by atoms with Gasteiger partial charge in [0.25, 0.3) is 0 Å². The van der Waals surface area contributed by atoms with E-state index < -0.39 is 15.8 Å². The van der Waals surface area contributed by atoms with E-state index in [1.807, 2.05) is 44.0 Å². The number of halogens is 1. The van der Waals surface area contributed by atoms with Gasteiger partial charge in [-0.2, -0.15) is 4.31 Å². The number of aryl methyl sites for hydroxylation is 1. The second-order valence-electron chi connectivity index (χ2n) is 7.31. The number of likely N-dealkylation sites (N-methyl/N-ethyl adjacent to an activating group) is 1. The molecule has 0 atom stereocenters. The monoisotopic (exact) mass is 419 g/mol. The second kappa shape index (κ2) is 8.51. The maximum absolute atomic E-state index is 13.1. The number of nitrogens with zero attached hydrogens (tertiary/aromatic N) is 3. The molecule has 0 aliphatic carbocycles. The van der Waals surface area contributed by atoms with Crippen LogP contribution in [0.25, 0.3) is 0 Å². The van der Waals surface area contributed by atoms with E-state index in [0.29, 0.717) is 13.1 Å². The standard InChI is InChI=1S/C21H26FN3O3S/c1-16-5-4-6-20(17(16)2)23(3)15-21(26)24-11-13-25(14-12-24)29(27,28)19-9-7-18(22)8-10-19/h4-10H,11-15H2,1-3H3. The first-order chi connectivity index (χ1) is 13.7. The zero-order chi connectivity index (χ0) is 21.2. The van der Waals surface area contributed by atoms with Gasteiger partial charge in [0, 0.05) is 38.9 Å². The molecule has 156 valence electrons. The van der Waals surface area contributed by atoms with Crippen LogP contribution in [0.3, 0.4) is 0 Å². The van der Waals surface area contributed by atoms with Crippen molar-refractivity contribution < 1.29 is 17.6 Å². The van der Waals surface area contributed by atoms with E-state index in [2.05, 4.69) is 0 Å². The molecule has 0 aromatic heterocycles. The Morgan fingerprint density at radius 2 is 1.66 bits per heavy atom. The summed E-state index contributed by atoms with van der Waals surface area (Å²) in [4.78, 5) is 16.4. The van der Waals surface area contributed by atoms with Crippen molar-refractivity contribution in [3.63, 3.8) is 0 Å². The predicted octanol–water partition coefficient (Wildman–Crippen LogP) is 2.41. The van der Waals surface area contributed by atoms with E-state index in [1.165, 1.54) is 22.0 Å². The largest absolute Gasteiger partial charge is 0.365 e. The zero-order valence-electron chi connectivity index (χ0n) is 16.9. The van der Waals surface area contributed by atoms with Crippen molar-refractivity contribution in [1.82, 2.24) is 9.21 Å². The Morgan fingerprint density at radius 1 is 1.03 bits per heavy atom. The van der Waals surface area contributed by atoms with Gasteiger partial charge in [0.05, 0.1) is 11.4 Å². The van der Waals surface area contributed by atoms with Crippen LogP contribution in [0.1, 0.15) is 11.1 Å². The van der Waals surface area contributed by atoms with Crippen molar-refractivity contribution in [1.29, 1.82) is 0 Å². The normalized spacial score (nSPS) is 15.4. The summed E-state index contributed by atoms with van der Waals surface area (Å²) in [7, 11) is -1.80. The summed E-state index contributed by atoms with van der Waals surface area (Å²) >= 11 is 0. The first kappa shape index (κ1) is 21.3. The van der Waals surface area contributed by atoms with Crippen molar-refractivity contribution in [3.8, 4) is 0 Å². The fourth-order valence-corrected chi connectivity index (χ4v) is 4.89. The maximum atomic E-state index is 13.1. The summed E-state index contributed by atoms with van der Waals surface area (Å²) in [5.74, 6) is -0.514. The van der Waals surface area contributed by atoms with E-state index >= 15 is 0 Å².